The maximum atomic E-state index is 12.8. The minimum atomic E-state index is -0.255. The summed E-state index contributed by atoms with van der Waals surface area (Å²) in [7, 11) is 0. The first kappa shape index (κ1) is 19.8. The van der Waals surface area contributed by atoms with Gasteiger partial charge in [0.15, 0.2) is 5.78 Å². The van der Waals surface area contributed by atoms with Crippen molar-refractivity contribution in [3.05, 3.63) is 98.5 Å². The topological polar surface area (TPSA) is 29.1 Å². The largest absolute Gasteiger partial charge is 0.378 e. The Labute approximate surface area is 174 Å². The van der Waals surface area contributed by atoms with Crippen molar-refractivity contribution < 1.29 is 4.79 Å². The Bertz CT molecular complexity index is 937. The van der Waals surface area contributed by atoms with E-state index in [1.54, 1.807) is 24.3 Å². The van der Waals surface area contributed by atoms with Gasteiger partial charge >= 0.3 is 0 Å². The first-order chi connectivity index (χ1) is 12.9. The van der Waals surface area contributed by atoms with Gasteiger partial charge in [0.05, 0.1) is 16.1 Å². The second-order valence-corrected chi connectivity index (χ2v) is 7.62. The fourth-order valence-corrected chi connectivity index (χ4v) is 3.20. The van der Waals surface area contributed by atoms with Crippen molar-refractivity contribution in [2.75, 3.05) is 5.32 Å². The Morgan fingerprint density at radius 2 is 1.56 bits per heavy atom. The highest BCUT2D eigenvalue weighted by Gasteiger charge is 2.18. The summed E-state index contributed by atoms with van der Waals surface area (Å²) in [6.45, 7) is 1.99. The number of hydrogen-bond donors (Lipinski definition) is 1. The van der Waals surface area contributed by atoms with Gasteiger partial charge in [-0.1, -0.05) is 70.7 Å². The predicted molar refractivity (Wildman–Crippen MR) is 114 cm³/mol. The fraction of sp³-hybridized carbons (Fsp3) is 0.136. The zero-order chi connectivity index (χ0) is 19.4. The van der Waals surface area contributed by atoms with Crippen LogP contribution in [-0.2, 0) is 0 Å². The molecule has 27 heavy (non-hydrogen) atoms. The molecular weight excluding hydrogens is 401 g/mol. The van der Waals surface area contributed by atoms with Gasteiger partial charge in [-0.25, -0.2) is 0 Å². The van der Waals surface area contributed by atoms with Crippen molar-refractivity contribution in [2.24, 2.45) is 0 Å². The monoisotopic (exact) mass is 417 g/mol. The Morgan fingerprint density at radius 1 is 0.889 bits per heavy atom. The summed E-state index contributed by atoms with van der Waals surface area (Å²) in [6.07, 6.45) is 0.281. The molecule has 138 valence electrons. The van der Waals surface area contributed by atoms with Crippen LogP contribution in [0.1, 0.15) is 33.9 Å². The molecule has 1 atom stereocenters. The molecule has 1 unspecified atom stereocenters. The van der Waals surface area contributed by atoms with Gasteiger partial charge in [0.1, 0.15) is 0 Å². The van der Waals surface area contributed by atoms with Gasteiger partial charge in [-0.2, -0.15) is 0 Å². The molecule has 3 rings (SSSR count). The second-order valence-electron chi connectivity index (χ2n) is 6.37. The molecule has 0 aromatic heterocycles. The van der Waals surface area contributed by atoms with Crippen molar-refractivity contribution in [3.8, 4) is 0 Å². The van der Waals surface area contributed by atoms with E-state index in [4.69, 9.17) is 34.8 Å². The van der Waals surface area contributed by atoms with E-state index in [1.165, 1.54) is 0 Å². The third-order valence-corrected chi connectivity index (χ3v) is 5.29. The first-order valence-corrected chi connectivity index (χ1v) is 9.62. The zero-order valence-corrected chi connectivity index (χ0v) is 16.9. The van der Waals surface area contributed by atoms with Crippen LogP contribution in [0.25, 0.3) is 0 Å². The third-order valence-electron chi connectivity index (χ3n) is 4.29. The van der Waals surface area contributed by atoms with Crippen LogP contribution >= 0.6 is 34.8 Å². The molecule has 0 heterocycles. The molecule has 0 radical (unpaired) electrons. The molecule has 5 heteroatoms. The Kier molecular flexibility index (Phi) is 6.43. The minimum Gasteiger partial charge on any atom is -0.378 e. The number of Topliss-reactive ketones (excluding diaryl/α,β-unsaturated/α-hetero) is 1. The van der Waals surface area contributed by atoms with Gasteiger partial charge in [-0.05, 0) is 48.9 Å². The summed E-state index contributed by atoms with van der Waals surface area (Å²) in [4.78, 5) is 12.8. The molecule has 0 saturated heterocycles. The quantitative estimate of drug-likeness (QED) is 0.423. The Balaban J connectivity index is 1.88. The molecule has 0 fully saturated rings. The van der Waals surface area contributed by atoms with Crippen molar-refractivity contribution in [1.82, 2.24) is 0 Å². The summed E-state index contributed by atoms with van der Waals surface area (Å²) in [6, 6.07) is 20.1. The van der Waals surface area contributed by atoms with Gasteiger partial charge in [-0.3, -0.25) is 4.79 Å². The van der Waals surface area contributed by atoms with Crippen molar-refractivity contribution >= 4 is 46.3 Å². The standard InChI is InChI=1S/C22H18Cl3NO/c1-14-2-4-15(5-3-14)22(27)13-21(16-6-11-19(24)20(25)12-16)26-18-9-7-17(23)8-10-18/h2-12,21,26H,13H2,1H3. The molecule has 1 N–H and O–H groups in total. The summed E-state index contributed by atoms with van der Waals surface area (Å²) >= 11 is 18.2. The highest BCUT2D eigenvalue weighted by Crippen LogP contribution is 2.30. The van der Waals surface area contributed by atoms with Crippen LogP contribution in [-0.4, -0.2) is 5.78 Å². The lowest BCUT2D eigenvalue weighted by Gasteiger charge is -2.21. The Hall–Kier alpha value is -2.00. The number of halogens is 3. The van der Waals surface area contributed by atoms with Crippen molar-refractivity contribution in [1.29, 1.82) is 0 Å². The SMILES string of the molecule is Cc1ccc(C(=O)CC(Nc2ccc(Cl)cc2)c2ccc(Cl)c(Cl)c2)cc1. The predicted octanol–water partition coefficient (Wildman–Crippen LogP) is 7.38. The number of carbonyl (C=O) groups is 1. The normalized spacial score (nSPS) is 11.9. The number of benzene rings is 3. The van der Waals surface area contributed by atoms with Crippen molar-refractivity contribution in [3.63, 3.8) is 0 Å². The van der Waals surface area contributed by atoms with E-state index in [0.717, 1.165) is 16.8 Å². The summed E-state index contributed by atoms with van der Waals surface area (Å²) in [5.74, 6) is 0.0486. The third kappa shape index (κ3) is 5.26. The smallest absolute Gasteiger partial charge is 0.165 e. The summed E-state index contributed by atoms with van der Waals surface area (Å²) in [5.41, 5.74) is 3.56. The number of anilines is 1. The molecule has 3 aromatic carbocycles. The van der Waals surface area contributed by atoms with Gasteiger partial charge in [-0.15, -0.1) is 0 Å². The van der Waals surface area contributed by atoms with Crippen LogP contribution in [0.4, 0.5) is 5.69 Å². The van der Waals surface area contributed by atoms with Crippen LogP contribution in [0.2, 0.25) is 15.1 Å². The molecule has 0 aliphatic heterocycles. The van der Waals surface area contributed by atoms with E-state index in [1.807, 2.05) is 49.4 Å². The number of carbonyl (C=O) groups excluding carboxylic acids is 1. The maximum Gasteiger partial charge on any atom is 0.165 e. The average molecular weight is 419 g/mol. The number of aryl methyl sites for hydroxylation is 1. The second kappa shape index (κ2) is 8.79. The van der Waals surface area contributed by atoms with Crippen LogP contribution in [0.3, 0.4) is 0 Å². The van der Waals surface area contributed by atoms with E-state index in [9.17, 15) is 4.79 Å². The van der Waals surface area contributed by atoms with Crippen LogP contribution in [0, 0.1) is 6.92 Å². The van der Waals surface area contributed by atoms with E-state index < -0.39 is 0 Å². The van der Waals surface area contributed by atoms with E-state index >= 15 is 0 Å². The molecule has 0 bridgehead atoms. The molecule has 0 aliphatic carbocycles. The van der Waals surface area contributed by atoms with Crippen molar-refractivity contribution in [2.45, 2.75) is 19.4 Å². The average Bonchev–Trinajstić information content (AvgIpc) is 2.65. The fourth-order valence-electron chi connectivity index (χ4n) is 2.77. The lowest BCUT2D eigenvalue weighted by Crippen LogP contribution is -2.16. The summed E-state index contributed by atoms with van der Waals surface area (Å²) in [5, 5.41) is 5.00. The highest BCUT2D eigenvalue weighted by molar-refractivity contribution is 6.42. The molecule has 2 nitrogen and oxygen atoms in total. The molecule has 0 aliphatic rings. The zero-order valence-electron chi connectivity index (χ0n) is 14.7. The minimum absolute atomic E-state index is 0.0486. The lowest BCUT2D eigenvalue weighted by atomic mass is 9.97. The highest BCUT2D eigenvalue weighted by atomic mass is 35.5. The van der Waals surface area contributed by atoms with E-state index in [2.05, 4.69) is 5.32 Å². The maximum absolute atomic E-state index is 12.8. The Morgan fingerprint density at radius 3 is 2.19 bits per heavy atom. The summed E-state index contributed by atoms with van der Waals surface area (Å²) < 4.78 is 0. The lowest BCUT2D eigenvalue weighted by molar-refractivity contribution is 0.0976. The van der Waals surface area contributed by atoms with Crippen LogP contribution < -0.4 is 5.32 Å². The molecule has 0 saturated carbocycles. The molecule has 0 spiro atoms. The number of ketones is 1. The number of rotatable bonds is 6. The molecule has 0 amide bonds. The van der Waals surface area contributed by atoms with E-state index in [0.29, 0.717) is 20.6 Å². The van der Waals surface area contributed by atoms with Crippen LogP contribution in [0.15, 0.2) is 66.7 Å². The number of hydrogen-bond acceptors (Lipinski definition) is 2. The van der Waals surface area contributed by atoms with Gasteiger partial charge in [0.25, 0.3) is 0 Å². The van der Waals surface area contributed by atoms with Crippen LogP contribution in [0.5, 0.6) is 0 Å². The van der Waals surface area contributed by atoms with Gasteiger partial charge < -0.3 is 5.32 Å². The number of nitrogens with one attached hydrogen (secondary N) is 1. The van der Waals surface area contributed by atoms with E-state index in [-0.39, 0.29) is 18.2 Å². The molecule has 3 aromatic rings. The van der Waals surface area contributed by atoms with Gasteiger partial charge in [0, 0.05) is 22.7 Å². The molecular formula is C22H18Cl3NO. The first-order valence-electron chi connectivity index (χ1n) is 8.49. The van der Waals surface area contributed by atoms with Gasteiger partial charge in [0.2, 0.25) is 0 Å².